The van der Waals surface area contributed by atoms with Gasteiger partial charge >= 0.3 is 0 Å². The standard InChI is InChI=1S/C8H14NO2/c10-7(4-5-7)8(11)3-1-2-6-9-8/h10-11H,1-6H2. The molecule has 63 valence electrons. The van der Waals surface area contributed by atoms with Crippen LogP contribution in [0.3, 0.4) is 0 Å². The predicted molar refractivity (Wildman–Crippen MR) is 40.0 cm³/mol. The average molecular weight is 156 g/mol. The van der Waals surface area contributed by atoms with Crippen molar-refractivity contribution in [3.63, 3.8) is 0 Å². The van der Waals surface area contributed by atoms with E-state index in [-0.39, 0.29) is 0 Å². The molecule has 2 aliphatic rings. The minimum atomic E-state index is -1.09. The molecular weight excluding hydrogens is 142 g/mol. The average Bonchev–Trinajstić information content (AvgIpc) is 2.71. The number of hydrogen-bond acceptors (Lipinski definition) is 2. The van der Waals surface area contributed by atoms with Gasteiger partial charge in [-0.2, -0.15) is 0 Å². The minimum Gasteiger partial charge on any atom is -0.385 e. The molecule has 1 aliphatic carbocycles. The molecule has 1 heterocycles. The van der Waals surface area contributed by atoms with E-state index in [2.05, 4.69) is 5.32 Å². The quantitative estimate of drug-likeness (QED) is 0.561. The van der Waals surface area contributed by atoms with Gasteiger partial charge in [-0.15, -0.1) is 0 Å². The topological polar surface area (TPSA) is 54.6 Å². The Bertz CT molecular complexity index is 159. The maximum Gasteiger partial charge on any atom is 0.159 e. The first-order valence-electron chi connectivity index (χ1n) is 4.30. The van der Waals surface area contributed by atoms with E-state index in [1.54, 1.807) is 0 Å². The summed E-state index contributed by atoms with van der Waals surface area (Å²) in [5.41, 5.74) is -1.95. The molecule has 1 unspecified atom stereocenters. The molecule has 3 nitrogen and oxygen atoms in total. The summed E-state index contributed by atoms with van der Waals surface area (Å²) in [7, 11) is 0. The van der Waals surface area contributed by atoms with Gasteiger partial charge in [0.1, 0.15) is 5.60 Å². The molecule has 1 radical (unpaired) electrons. The number of nitrogens with zero attached hydrogens (tertiary/aromatic N) is 1. The smallest absolute Gasteiger partial charge is 0.159 e. The Hall–Kier alpha value is -0.120. The second kappa shape index (κ2) is 2.19. The first kappa shape index (κ1) is 7.53. The van der Waals surface area contributed by atoms with Crippen LogP contribution in [0, 0.1) is 0 Å². The molecule has 0 aromatic carbocycles. The molecule has 1 atom stereocenters. The summed E-state index contributed by atoms with van der Waals surface area (Å²) in [5, 5.41) is 23.6. The van der Waals surface area contributed by atoms with Gasteiger partial charge in [0, 0.05) is 6.54 Å². The van der Waals surface area contributed by atoms with Gasteiger partial charge in [-0.1, -0.05) is 0 Å². The van der Waals surface area contributed by atoms with Crippen molar-refractivity contribution in [2.45, 2.75) is 43.4 Å². The van der Waals surface area contributed by atoms with Crippen LogP contribution in [-0.4, -0.2) is 28.1 Å². The van der Waals surface area contributed by atoms with Crippen molar-refractivity contribution in [1.82, 2.24) is 5.32 Å². The molecule has 0 bridgehead atoms. The maximum atomic E-state index is 9.85. The van der Waals surface area contributed by atoms with Crippen molar-refractivity contribution in [2.75, 3.05) is 6.54 Å². The molecule has 2 rings (SSSR count). The fraction of sp³-hybridized carbons (Fsp3) is 1.00. The third-order valence-corrected chi connectivity index (χ3v) is 2.78. The predicted octanol–water partition coefficient (Wildman–Crippen LogP) is -0.0118. The van der Waals surface area contributed by atoms with E-state index in [1.165, 1.54) is 0 Å². The third-order valence-electron chi connectivity index (χ3n) is 2.78. The van der Waals surface area contributed by atoms with Gasteiger partial charge in [-0.05, 0) is 32.1 Å². The van der Waals surface area contributed by atoms with Crippen molar-refractivity contribution < 1.29 is 10.2 Å². The number of rotatable bonds is 1. The van der Waals surface area contributed by atoms with E-state index < -0.39 is 11.3 Å². The third kappa shape index (κ3) is 1.08. The first-order chi connectivity index (χ1) is 5.16. The van der Waals surface area contributed by atoms with Crippen molar-refractivity contribution in [3.8, 4) is 0 Å². The number of piperidine rings is 1. The zero-order chi connectivity index (χ0) is 7.95. The lowest BCUT2D eigenvalue weighted by Crippen LogP contribution is -2.54. The van der Waals surface area contributed by atoms with E-state index in [4.69, 9.17) is 0 Å². The van der Waals surface area contributed by atoms with Gasteiger partial charge in [0.05, 0.1) is 0 Å². The van der Waals surface area contributed by atoms with E-state index in [0.717, 1.165) is 12.8 Å². The lowest BCUT2D eigenvalue weighted by atomic mass is 9.94. The van der Waals surface area contributed by atoms with Crippen LogP contribution in [-0.2, 0) is 0 Å². The molecule has 2 fully saturated rings. The largest absolute Gasteiger partial charge is 0.385 e. The van der Waals surface area contributed by atoms with Crippen molar-refractivity contribution in [1.29, 1.82) is 0 Å². The fourth-order valence-corrected chi connectivity index (χ4v) is 1.73. The van der Waals surface area contributed by atoms with Crippen LogP contribution < -0.4 is 5.32 Å². The molecule has 3 heteroatoms. The summed E-state index contributed by atoms with van der Waals surface area (Å²) < 4.78 is 0. The van der Waals surface area contributed by atoms with Crippen LogP contribution in [0.15, 0.2) is 0 Å². The molecular formula is C8H14NO2. The van der Waals surface area contributed by atoms with Gasteiger partial charge in [-0.25, -0.2) is 5.32 Å². The molecule has 0 amide bonds. The normalized spacial score (nSPS) is 42.0. The van der Waals surface area contributed by atoms with Gasteiger partial charge in [0.2, 0.25) is 0 Å². The zero-order valence-electron chi connectivity index (χ0n) is 6.58. The van der Waals surface area contributed by atoms with Gasteiger partial charge in [-0.3, -0.25) is 0 Å². The van der Waals surface area contributed by atoms with Gasteiger partial charge in [0.15, 0.2) is 5.72 Å². The number of hydrogen-bond donors (Lipinski definition) is 2. The molecule has 0 aromatic rings. The van der Waals surface area contributed by atoms with Crippen molar-refractivity contribution in [2.24, 2.45) is 0 Å². The highest BCUT2D eigenvalue weighted by Crippen LogP contribution is 2.47. The zero-order valence-corrected chi connectivity index (χ0v) is 6.58. The summed E-state index contributed by atoms with van der Waals surface area (Å²) in [6.45, 7) is 0.707. The van der Waals surface area contributed by atoms with Gasteiger partial charge in [0.25, 0.3) is 0 Å². The Morgan fingerprint density at radius 2 is 1.73 bits per heavy atom. The molecule has 11 heavy (non-hydrogen) atoms. The summed E-state index contributed by atoms with van der Waals surface area (Å²) in [5.74, 6) is 0. The molecule has 0 spiro atoms. The maximum absolute atomic E-state index is 9.85. The highest BCUT2D eigenvalue weighted by atomic mass is 16.4. The minimum absolute atomic E-state index is 0.642. The fourth-order valence-electron chi connectivity index (χ4n) is 1.73. The van der Waals surface area contributed by atoms with Crippen LogP contribution in [0.25, 0.3) is 0 Å². The Balaban J connectivity index is 2.07. The summed E-state index contributed by atoms with van der Waals surface area (Å²) in [6.07, 6.45) is 4.12. The first-order valence-corrected chi connectivity index (χ1v) is 4.30. The Morgan fingerprint density at radius 1 is 1.00 bits per heavy atom. The van der Waals surface area contributed by atoms with Crippen LogP contribution in [0.1, 0.15) is 32.1 Å². The van der Waals surface area contributed by atoms with E-state index >= 15 is 0 Å². The second-order valence-corrected chi connectivity index (χ2v) is 3.69. The molecule has 1 saturated carbocycles. The van der Waals surface area contributed by atoms with Crippen LogP contribution in [0.5, 0.6) is 0 Å². The molecule has 2 N–H and O–H groups in total. The molecule has 1 saturated heterocycles. The summed E-state index contributed by atoms with van der Waals surface area (Å²) in [6, 6.07) is 0. The van der Waals surface area contributed by atoms with E-state index in [9.17, 15) is 10.2 Å². The lowest BCUT2D eigenvalue weighted by Gasteiger charge is -2.35. The van der Waals surface area contributed by atoms with E-state index in [0.29, 0.717) is 25.8 Å². The van der Waals surface area contributed by atoms with Gasteiger partial charge < -0.3 is 10.2 Å². The van der Waals surface area contributed by atoms with Crippen LogP contribution in [0.2, 0.25) is 0 Å². The highest BCUT2D eigenvalue weighted by Gasteiger charge is 2.58. The Labute approximate surface area is 66.4 Å². The second-order valence-electron chi connectivity index (χ2n) is 3.69. The Morgan fingerprint density at radius 3 is 2.18 bits per heavy atom. The molecule has 1 aliphatic heterocycles. The van der Waals surface area contributed by atoms with Crippen LogP contribution in [0.4, 0.5) is 0 Å². The summed E-state index contributed by atoms with van der Waals surface area (Å²) in [4.78, 5) is 0. The van der Waals surface area contributed by atoms with E-state index in [1.807, 2.05) is 0 Å². The summed E-state index contributed by atoms with van der Waals surface area (Å²) >= 11 is 0. The van der Waals surface area contributed by atoms with Crippen molar-refractivity contribution in [3.05, 3.63) is 0 Å². The lowest BCUT2D eigenvalue weighted by molar-refractivity contribution is -0.132. The van der Waals surface area contributed by atoms with Crippen molar-refractivity contribution >= 4 is 0 Å². The highest BCUT2D eigenvalue weighted by molar-refractivity contribution is 5.08. The monoisotopic (exact) mass is 156 g/mol. The number of aliphatic hydroxyl groups is 2. The Kier molecular flexibility index (Phi) is 1.50. The molecule has 0 aromatic heterocycles. The SMILES string of the molecule is OC1(C2(O)CCCC[N]2)CC1. The van der Waals surface area contributed by atoms with Crippen LogP contribution >= 0.6 is 0 Å².